The van der Waals surface area contributed by atoms with E-state index >= 15 is 0 Å². The molecule has 3 N–H and O–H groups in total. The fraction of sp³-hybridized carbons (Fsp3) is 0.571. The smallest absolute Gasteiger partial charge is 0.317 e. The summed E-state index contributed by atoms with van der Waals surface area (Å²) in [6.45, 7) is 7.74. The summed E-state index contributed by atoms with van der Waals surface area (Å²) in [7, 11) is 1.61. The van der Waals surface area contributed by atoms with E-state index in [0.29, 0.717) is 37.1 Å². The maximum Gasteiger partial charge on any atom is 0.317 e. The quantitative estimate of drug-likeness (QED) is 0.595. The average Bonchev–Trinajstić information content (AvgIpc) is 3.22. The Labute approximate surface area is 186 Å². The fourth-order valence-corrected chi connectivity index (χ4v) is 4.18. The Hall–Kier alpha value is -2.39. The van der Waals surface area contributed by atoms with E-state index in [9.17, 15) is 19.1 Å². The van der Waals surface area contributed by atoms with Crippen molar-refractivity contribution in [3.05, 3.63) is 28.7 Å². The molecule has 0 bridgehead atoms. The Kier molecular flexibility index (Phi) is 8.64. The van der Waals surface area contributed by atoms with E-state index in [0.717, 1.165) is 12.8 Å². The number of fused-ring (bicyclic) bond motifs is 1. The number of benzene rings is 1. The molecular weight excluding hydrogens is 427 g/mol. The van der Waals surface area contributed by atoms with Crippen molar-refractivity contribution in [2.75, 3.05) is 26.7 Å². The maximum absolute atomic E-state index is 14.8. The van der Waals surface area contributed by atoms with Gasteiger partial charge in [0.15, 0.2) is 0 Å². The number of aromatic amines is 1. The third kappa shape index (κ3) is 5.46. The van der Waals surface area contributed by atoms with Crippen LogP contribution in [0.1, 0.15) is 45.3 Å². The number of ether oxygens (including phenoxy) is 1. The van der Waals surface area contributed by atoms with Crippen LogP contribution in [-0.2, 0) is 9.53 Å². The highest BCUT2D eigenvalue weighted by atomic mass is 35.5. The highest BCUT2D eigenvalue weighted by Crippen LogP contribution is 2.47. The van der Waals surface area contributed by atoms with Gasteiger partial charge < -0.3 is 20.1 Å². The minimum absolute atomic E-state index is 0.0295. The van der Waals surface area contributed by atoms with E-state index in [1.165, 1.54) is 6.07 Å². The second-order valence-electron chi connectivity index (χ2n) is 8.01. The molecule has 3 rings (SSSR count). The van der Waals surface area contributed by atoms with Gasteiger partial charge in [-0.1, -0.05) is 25.4 Å². The summed E-state index contributed by atoms with van der Waals surface area (Å²) in [6, 6.07) is 1.41. The van der Waals surface area contributed by atoms with E-state index in [4.69, 9.17) is 11.6 Å². The van der Waals surface area contributed by atoms with Crippen LogP contribution in [0.2, 0.25) is 5.02 Å². The van der Waals surface area contributed by atoms with Crippen LogP contribution in [0.3, 0.4) is 0 Å². The molecule has 2 amide bonds. The minimum Gasteiger partial charge on any atom is -0.468 e. The van der Waals surface area contributed by atoms with Crippen molar-refractivity contribution in [3.63, 3.8) is 0 Å². The van der Waals surface area contributed by atoms with E-state index in [1.54, 1.807) is 25.1 Å². The predicted molar refractivity (Wildman–Crippen MR) is 116 cm³/mol. The molecule has 10 heteroatoms. The van der Waals surface area contributed by atoms with Gasteiger partial charge in [-0.15, -0.1) is 0 Å². The largest absolute Gasteiger partial charge is 0.468 e. The van der Waals surface area contributed by atoms with Crippen LogP contribution in [0.15, 0.2) is 12.3 Å². The standard InChI is InChI=1S/C18H24ClFN4O2.C3H6O2/c1-18(2,11-4-6-24(7-5-11)17(26)21-3)16(25)13-14(20)12(19)8-10-9-22-23-15(10)13;1-2-5-3-4/h8-9,11,16,25H,4-7H2,1-3H3,(H,21,26)(H,22,23);3H,2H2,1H3. The lowest BCUT2D eigenvalue weighted by Crippen LogP contribution is -2.46. The molecule has 1 aromatic carbocycles. The van der Waals surface area contributed by atoms with Gasteiger partial charge in [0.05, 0.1) is 29.4 Å². The number of carbonyl (C=O) groups is 2. The molecule has 0 saturated carbocycles. The SMILES string of the molecule is CCOC=O.CNC(=O)N1CCC(C(C)(C)C(O)c2c(F)c(Cl)cc3cn[nH]c23)CC1. The number of H-pyrrole nitrogens is 1. The van der Waals surface area contributed by atoms with Gasteiger partial charge in [-0.05, 0) is 37.2 Å². The molecule has 2 heterocycles. The first-order chi connectivity index (χ1) is 14.7. The van der Waals surface area contributed by atoms with Crippen molar-refractivity contribution in [1.82, 2.24) is 20.4 Å². The Morgan fingerprint density at radius 3 is 2.68 bits per heavy atom. The van der Waals surface area contributed by atoms with Crippen molar-refractivity contribution in [2.24, 2.45) is 11.3 Å². The van der Waals surface area contributed by atoms with Crippen LogP contribution >= 0.6 is 11.6 Å². The highest BCUT2D eigenvalue weighted by Gasteiger charge is 2.41. The molecule has 1 aliphatic rings. The van der Waals surface area contributed by atoms with Crippen molar-refractivity contribution in [1.29, 1.82) is 0 Å². The van der Waals surface area contributed by atoms with Crippen LogP contribution < -0.4 is 5.32 Å². The molecule has 0 spiro atoms. The van der Waals surface area contributed by atoms with E-state index in [2.05, 4.69) is 20.3 Å². The zero-order chi connectivity index (χ0) is 23.2. The molecule has 1 atom stereocenters. The second kappa shape index (κ2) is 10.8. The van der Waals surface area contributed by atoms with E-state index in [1.807, 2.05) is 13.8 Å². The van der Waals surface area contributed by atoms with Gasteiger partial charge in [0.25, 0.3) is 6.47 Å². The Morgan fingerprint density at radius 1 is 1.52 bits per heavy atom. The van der Waals surface area contributed by atoms with Crippen molar-refractivity contribution in [3.8, 4) is 0 Å². The maximum atomic E-state index is 14.8. The number of carbonyl (C=O) groups excluding carboxylic acids is 2. The third-order valence-electron chi connectivity index (χ3n) is 5.93. The van der Waals surface area contributed by atoms with Crippen LogP contribution in [-0.4, -0.2) is 59.5 Å². The molecular formula is C21H30ClFN4O4. The topological polar surface area (TPSA) is 108 Å². The average molecular weight is 457 g/mol. The predicted octanol–water partition coefficient (Wildman–Crippen LogP) is 3.65. The van der Waals surface area contributed by atoms with Gasteiger partial charge in [0.1, 0.15) is 5.82 Å². The lowest BCUT2D eigenvalue weighted by atomic mass is 9.68. The fourth-order valence-electron chi connectivity index (χ4n) is 3.96. The normalized spacial score (nSPS) is 15.8. The van der Waals surface area contributed by atoms with Crippen molar-refractivity contribution >= 4 is 35.0 Å². The van der Waals surface area contributed by atoms with Crippen LogP contribution in [0, 0.1) is 17.2 Å². The number of likely N-dealkylation sites (tertiary alicyclic amines) is 1. The molecule has 31 heavy (non-hydrogen) atoms. The lowest BCUT2D eigenvalue weighted by Gasteiger charge is -2.43. The molecule has 1 unspecified atom stereocenters. The number of nitrogens with zero attached hydrogens (tertiary/aromatic N) is 2. The molecule has 0 radical (unpaired) electrons. The summed E-state index contributed by atoms with van der Waals surface area (Å²) in [5.41, 5.74) is 0.0252. The number of aliphatic hydroxyl groups excluding tert-OH is 1. The third-order valence-corrected chi connectivity index (χ3v) is 6.20. The summed E-state index contributed by atoms with van der Waals surface area (Å²) in [5.74, 6) is -0.485. The number of amides is 2. The molecule has 0 aliphatic carbocycles. The molecule has 2 aromatic rings. The Bertz CT molecular complexity index is 897. The van der Waals surface area contributed by atoms with Gasteiger partial charge in [0, 0.05) is 31.1 Å². The summed E-state index contributed by atoms with van der Waals surface area (Å²) in [4.78, 5) is 22.7. The van der Waals surface area contributed by atoms with Crippen LogP contribution in [0.25, 0.3) is 10.9 Å². The Balaban J connectivity index is 0.000000614. The van der Waals surface area contributed by atoms with Gasteiger partial charge in [0.2, 0.25) is 0 Å². The second-order valence-corrected chi connectivity index (χ2v) is 8.42. The van der Waals surface area contributed by atoms with Gasteiger partial charge in [-0.2, -0.15) is 5.10 Å². The van der Waals surface area contributed by atoms with Crippen molar-refractivity contribution < 1.29 is 23.8 Å². The summed E-state index contributed by atoms with van der Waals surface area (Å²) < 4.78 is 18.9. The number of aliphatic hydroxyl groups is 1. The number of hydrogen-bond acceptors (Lipinski definition) is 5. The number of nitrogens with one attached hydrogen (secondary N) is 2. The zero-order valence-corrected chi connectivity index (χ0v) is 19.0. The van der Waals surface area contributed by atoms with Crippen molar-refractivity contribution in [2.45, 2.75) is 39.7 Å². The van der Waals surface area contributed by atoms with Crippen LogP contribution in [0.4, 0.5) is 9.18 Å². The number of hydrogen-bond donors (Lipinski definition) is 3. The first-order valence-electron chi connectivity index (χ1n) is 10.2. The monoisotopic (exact) mass is 456 g/mol. The molecule has 1 saturated heterocycles. The molecule has 1 aromatic heterocycles. The number of rotatable bonds is 5. The molecule has 172 valence electrons. The van der Waals surface area contributed by atoms with Crippen LogP contribution in [0.5, 0.6) is 0 Å². The number of aromatic nitrogens is 2. The molecule has 8 nitrogen and oxygen atoms in total. The number of halogens is 2. The number of piperidine rings is 1. The zero-order valence-electron chi connectivity index (χ0n) is 18.2. The summed E-state index contributed by atoms with van der Waals surface area (Å²) in [5, 5.41) is 21.1. The first-order valence-corrected chi connectivity index (χ1v) is 10.6. The van der Waals surface area contributed by atoms with E-state index in [-0.39, 0.29) is 22.5 Å². The Morgan fingerprint density at radius 2 is 2.16 bits per heavy atom. The minimum atomic E-state index is -1.05. The molecule has 1 fully saturated rings. The molecule has 1 aliphatic heterocycles. The summed E-state index contributed by atoms with van der Waals surface area (Å²) >= 11 is 6.02. The van der Waals surface area contributed by atoms with Gasteiger partial charge >= 0.3 is 6.03 Å². The van der Waals surface area contributed by atoms with Gasteiger partial charge in [-0.25, -0.2) is 9.18 Å². The lowest BCUT2D eigenvalue weighted by molar-refractivity contribution is -0.128. The van der Waals surface area contributed by atoms with E-state index < -0.39 is 17.3 Å². The highest BCUT2D eigenvalue weighted by molar-refractivity contribution is 6.31. The summed E-state index contributed by atoms with van der Waals surface area (Å²) in [6.07, 6.45) is 1.99. The van der Waals surface area contributed by atoms with Gasteiger partial charge in [-0.3, -0.25) is 9.89 Å². The number of urea groups is 1. The first kappa shape index (κ1) is 24.9.